The molecular formula is C18H17FN6. The lowest BCUT2D eigenvalue weighted by Crippen LogP contribution is -2.09. The van der Waals surface area contributed by atoms with Gasteiger partial charge in [-0.2, -0.15) is 0 Å². The molecule has 0 atom stereocenters. The van der Waals surface area contributed by atoms with E-state index in [1.165, 1.54) is 6.07 Å². The Hall–Kier alpha value is -3.09. The zero-order chi connectivity index (χ0) is 17.4. The smallest absolute Gasteiger partial charge is 0.195 e. The maximum Gasteiger partial charge on any atom is 0.195 e. The molecule has 1 aromatic carbocycles. The fraction of sp³-hybridized carbons (Fsp3) is 0.222. The standard InChI is InChI=1S/C18H17FN6/c1-3-25-15-9-12(2)13(19)10-14(15)23-16(25)11-24-8-7-22-18(24)17-20-5-4-6-21-17/h4-10H,3,11H2,1-2H3. The molecule has 0 bridgehead atoms. The number of rotatable bonds is 4. The van der Waals surface area contributed by atoms with Gasteiger partial charge in [0.05, 0.1) is 17.6 Å². The monoisotopic (exact) mass is 336 g/mol. The first kappa shape index (κ1) is 15.4. The Balaban J connectivity index is 1.79. The van der Waals surface area contributed by atoms with Gasteiger partial charge in [-0.1, -0.05) is 0 Å². The molecule has 0 N–H and O–H groups in total. The highest BCUT2D eigenvalue weighted by Crippen LogP contribution is 2.22. The summed E-state index contributed by atoms with van der Waals surface area (Å²) in [4.78, 5) is 17.5. The van der Waals surface area contributed by atoms with Gasteiger partial charge in [0.2, 0.25) is 0 Å². The summed E-state index contributed by atoms with van der Waals surface area (Å²) in [6.07, 6.45) is 6.97. The predicted octanol–water partition coefficient (Wildman–Crippen LogP) is 3.21. The molecule has 4 rings (SSSR count). The van der Waals surface area contributed by atoms with E-state index in [2.05, 4.69) is 31.4 Å². The summed E-state index contributed by atoms with van der Waals surface area (Å²) in [5.41, 5.74) is 2.22. The number of hydrogen-bond acceptors (Lipinski definition) is 4. The van der Waals surface area contributed by atoms with Gasteiger partial charge in [0.1, 0.15) is 11.6 Å². The van der Waals surface area contributed by atoms with Gasteiger partial charge in [-0.15, -0.1) is 0 Å². The molecule has 126 valence electrons. The van der Waals surface area contributed by atoms with Gasteiger partial charge < -0.3 is 9.13 Å². The van der Waals surface area contributed by atoms with Crippen molar-refractivity contribution in [3.8, 4) is 11.6 Å². The second kappa shape index (κ2) is 6.08. The molecule has 25 heavy (non-hydrogen) atoms. The first-order valence-corrected chi connectivity index (χ1v) is 8.11. The molecule has 3 heterocycles. The van der Waals surface area contributed by atoms with Crippen LogP contribution in [0.2, 0.25) is 0 Å². The summed E-state index contributed by atoms with van der Waals surface area (Å²) in [7, 11) is 0. The minimum atomic E-state index is -0.235. The molecular weight excluding hydrogens is 319 g/mol. The summed E-state index contributed by atoms with van der Waals surface area (Å²) in [5, 5.41) is 0. The average Bonchev–Trinajstić information content (AvgIpc) is 3.20. The van der Waals surface area contributed by atoms with E-state index in [0.29, 0.717) is 29.3 Å². The van der Waals surface area contributed by atoms with Gasteiger partial charge >= 0.3 is 0 Å². The van der Waals surface area contributed by atoms with Crippen molar-refractivity contribution in [1.29, 1.82) is 0 Å². The summed E-state index contributed by atoms with van der Waals surface area (Å²) in [5.74, 6) is 1.85. The molecule has 7 heteroatoms. The SMILES string of the molecule is CCn1c(Cn2ccnc2-c2ncccn2)nc2cc(F)c(C)cc21. The van der Waals surface area contributed by atoms with Gasteiger partial charge in [0.15, 0.2) is 11.6 Å². The molecule has 3 aromatic heterocycles. The van der Waals surface area contributed by atoms with Crippen molar-refractivity contribution in [2.75, 3.05) is 0 Å². The highest BCUT2D eigenvalue weighted by atomic mass is 19.1. The van der Waals surface area contributed by atoms with E-state index < -0.39 is 0 Å². The van der Waals surface area contributed by atoms with Crippen LogP contribution < -0.4 is 0 Å². The van der Waals surface area contributed by atoms with Crippen LogP contribution in [0.4, 0.5) is 4.39 Å². The molecule has 6 nitrogen and oxygen atoms in total. The summed E-state index contributed by atoms with van der Waals surface area (Å²) >= 11 is 0. The predicted molar refractivity (Wildman–Crippen MR) is 92.5 cm³/mol. The Morgan fingerprint density at radius 1 is 1.08 bits per heavy atom. The fourth-order valence-corrected chi connectivity index (χ4v) is 2.98. The van der Waals surface area contributed by atoms with Gasteiger partial charge in [-0.05, 0) is 31.5 Å². The van der Waals surface area contributed by atoms with Crippen molar-refractivity contribution >= 4 is 11.0 Å². The minimum absolute atomic E-state index is 0.235. The zero-order valence-corrected chi connectivity index (χ0v) is 14.0. The van der Waals surface area contributed by atoms with Crippen molar-refractivity contribution in [3.05, 3.63) is 60.2 Å². The third-order valence-corrected chi connectivity index (χ3v) is 4.22. The van der Waals surface area contributed by atoms with Crippen LogP contribution in [-0.4, -0.2) is 29.1 Å². The van der Waals surface area contributed by atoms with Gasteiger partial charge in [0, 0.05) is 37.4 Å². The maximum absolute atomic E-state index is 13.9. The number of fused-ring (bicyclic) bond motifs is 1. The molecule has 0 aliphatic rings. The Bertz CT molecular complexity index is 1030. The third kappa shape index (κ3) is 2.67. The van der Waals surface area contributed by atoms with Crippen LogP contribution in [0.5, 0.6) is 0 Å². The Kier molecular flexibility index (Phi) is 3.76. The van der Waals surface area contributed by atoms with Crippen LogP contribution in [0, 0.1) is 12.7 Å². The number of imidazole rings is 2. The van der Waals surface area contributed by atoms with E-state index in [1.807, 2.05) is 16.8 Å². The second-order valence-electron chi connectivity index (χ2n) is 5.81. The van der Waals surface area contributed by atoms with E-state index in [9.17, 15) is 4.39 Å². The van der Waals surface area contributed by atoms with Crippen LogP contribution in [-0.2, 0) is 13.1 Å². The van der Waals surface area contributed by atoms with Crippen molar-refractivity contribution in [3.63, 3.8) is 0 Å². The molecule has 0 amide bonds. The molecule has 0 saturated heterocycles. The second-order valence-corrected chi connectivity index (χ2v) is 5.81. The number of aryl methyl sites for hydroxylation is 2. The van der Waals surface area contributed by atoms with E-state index >= 15 is 0 Å². The molecule has 0 aliphatic heterocycles. The lowest BCUT2D eigenvalue weighted by atomic mass is 10.2. The number of benzene rings is 1. The zero-order valence-electron chi connectivity index (χ0n) is 14.0. The minimum Gasteiger partial charge on any atom is -0.327 e. The van der Waals surface area contributed by atoms with Crippen LogP contribution in [0.25, 0.3) is 22.7 Å². The molecule has 0 spiro atoms. The number of halogens is 1. The molecule has 0 radical (unpaired) electrons. The highest BCUT2D eigenvalue weighted by molar-refractivity contribution is 5.77. The Morgan fingerprint density at radius 2 is 1.88 bits per heavy atom. The molecule has 0 saturated carbocycles. The Labute approximate surface area is 144 Å². The van der Waals surface area contributed by atoms with Crippen molar-refractivity contribution < 1.29 is 4.39 Å². The van der Waals surface area contributed by atoms with Crippen LogP contribution in [0.1, 0.15) is 18.3 Å². The number of aromatic nitrogens is 6. The Morgan fingerprint density at radius 3 is 2.64 bits per heavy atom. The first-order chi connectivity index (χ1) is 12.2. The van der Waals surface area contributed by atoms with Gasteiger partial charge in [0.25, 0.3) is 0 Å². The summed E-state index contributed by atoms with van der Waals surface area (Å²) in [6, 6.07) is 5.11. The summed E-state index contributed by atoms with van der Waals surface area (Å²) < 4.78 is 17.9. The van der Waals surface area contributed by atoms with Crippen molar-refractivity contribution in [2.24, 2.45) is 0 Å². The van der Waals surface area contributed by atoms with Gasteiger partial charge in [-0.3, -0.25) is 0 Å². The van der Waals surface area contributed by atoms with E-state index in [4.69, 9.17) is 0 Å². The van der Waals surface area contributed by atoms with Crippen LogP contribution in [0.3, 0.4) is 0 Å². The van der Waals surface area contributed by atoms with Crippen molar-refractivity contribution in [1.82, 2.24) is 29.1 Å². The van der Waals surface area contributed by atoms with Crippen LogP contribution >= 0.6 is 0 Å². The third-order valence-electron chi connectivity index (χ3n) is 4.22. The molecule has 0 unspecified atom stereocenters. The molecule has 0 fully saturated rings. The largest absolute Gasteiger partial charge is 0.327 e. The van der Waals surface area contributed by atoms with Gasteiger partial charge in [-0.25, -0.2) is 24.3 Å². The lowest BCUT2D eigenvalue weighted by Gasteiger charge is -2.09. The highest BCUT2D eigenvalue weighted by Gasteiger charge is 2.15. The van der Waals surface area contributed by atoms with E-state index in [0.717, 1.165) is 17.9 Å². The quantitative estimate of drug-likeness (QED) is 0.574. The van der Waals surface area contributed by atoms with Crippen LogP contribution in [0.15, 0.2) is 43.0 Å². The molecule has 0 aliphatic carbocycles. The average molecular weight is 336 g/mol. The summed E-state index contributed by atoms with van der Waals surface area (Å²) in [6.45, 7) is 5.08. The number of nitrogens with zero attached hydrogens (tertiary/aromatic N) is 6. The maximum atomic E-state index is 13.9. The normalized spacial score (nSPS) is 11.3. The van der Waals surface area contributed by atoms with Crippen molar-refractivity contribution in [2.45, 2.75) is 26.9 Å². The van der Waals surface area contributed by atoms with E-state index in [1.54, 1.807) is 31.6 Å². The lowest BCUT2D eigenvalue weighted by molar-refractivity contribution is 0.620. The fourth-order valence-electron chi connectivity index (χ4n) is 2.98. The first-order valence-electron chi connectivity index (χ1n) is 8.11. The number of hydrogen-bond donors (Lipinski definition) is 0. The van der Waals surface area contributed by atoms with E-state index in [-0.39, 0.29) is 5.82 Å². The molecule has 4 aromatic rings. The topological polar surface area (TPSA) is 61.4 Å².